The lowest BCUT2D eigenvalue weighted by molar-refractivity contribution is 0.102. The molecule has 0 bridgehead atoms. The number of carbonyl (C=O) groups excluding carboxylic acids is 1. The van der Waals surface area contributed by atoms with Gasteiger partial charge in [0, 0.05) is 18.0 Å². The molecule has 2 rings (SSSR count). The fourth-order valence-electron chi connectivity index (χ4n) is 1.71. The second-order valence-corrected chi connectivity index (χ2v) is 4.99. The van der Waals surface area contributed by atoms with Gasteiger partial charge in [-0.1, -0.05) is 35.3 Å². The molecule has 98 valence electrons. The Bertz CT molecular complexity index is 621. The highest BCUT2D eigenvalue weighted by Gasteiger charge is 2.14. The number of anilines is 1. The first-order valence-electron chi connectivity index (χ1n) is 5.67. The van der Waals surface area contributed by atoms with E-state index in [4.69, 9.17) is 23.2 Å². The predicted octanol–water partition coefficient (Wildman–Crippen LogP) is 4.26. The van der Waals surface area contributed by atoms with E-state index in [1.807, 2.05) is 26.0 Å². The molecule has 0 spiro atoms. The van der Waals surface area contributed by atoms with Crippen LogP contribution < -0.4 is 5.32 Å². The van der Waals surface area contributed by atoms with E-state index >= 15 is 0 Å². The zero-order valence-electron chi connectivity index (χ0n) is 10.5. The van der Waals surface area contributed by atoms with E-state index in [1.165, 1.54) is 12.4 Å². The zero-order chi connectivity index (χ0) is 14.0. The van der Waals surface area contributed by atoms with Crippen molar-refractivity contribution in [2.24, 2.45) is 0 Å². The molecule has 1 heterocycles. The van der Waals surface area contributed by atoms with Crippen molar-refractivity contribution in [3.63, 3.8) is 0 Å². The lowest BCUT2D eigenvalue weighted by Gasteiger charge is -2.11. The largest absolute Gasteiger partial charge is 0.319 e. The fraction of sp³-hybridized carbons (Fsp3) is 0.143. The Morgan fingerprint density at radius 1 is 1.16 bits per heavy atom. The van der Waals surface area contributed by atoms with Gasteiger partial charge in [0.1, 0.15) is 0 Å². The van der Waals surface area contributed by atoms with Crippen LogP contribution in [-0.2, 0) is 0 Å². The van der Waals surface area contributed by atoms with E-state index in [2.05, 4.69) is 10.3 Å². The van der Waals surface area contributed by atoms with Crippen molar-refractivity contribution in [3.8, 4) is 0 Å². The Balaban J connectivity index is 2.34. The second kappa shape index (κ2) is 5.59. The summed E-state index contributed by atoms with van der Waals surface area (Å²) >= 11 is 11.9. The minimum Gasteiger partial charge on any atom is -0.319 e. The molecule has 0 radical (unpaired) electrons. The Hall–Kier alpha value is -1.58. The number of amides is 1. The van der Waals surface area contributed by atoms with E-state index in [-0.39, 0.29) is 5.91 Å². The molecule has 0 fully saturated rings. The topological polar surface area (TPSA) is 42.0 Å². The minimum atomic E-state index is -0.240. The van der Waals surface area contributed by atoms with Gasteiger partial charge in [-0.15, -0.1) is 0 Å². The molecule has 0 saturated carbocycles. The van der Waals surface area contributed by atoms with Gasteiger partial charge in [0.2, 0.25) is 0 Å². The highest BCUT2D eigenvalue weighted by atomic mass is 35.5. The Labute approximate surface area is 121 Å². The molecule has 0 aliphatic rings. The third-order valence-corrected chi connectivity index (χ3v) is 3.51. The van der Waals surface area contributed by atoms with Crippen LogP contribution in [0.4, 0.5) is 5.69 Å². The van der Waals surface area contributed by atoms with Crippen LogP contribution in [0.5, 0.6) is 0 Å². The van der Waals surface area contributed by atoms with Crippen LogP contribution in [0.3, 0.4) is 0 Å². The highest BCUT2D eigenvalue weighted by molar-refractivity contribution is 6.39. The first kappa shape index (κ1) is 13.8. The molecule has 2 aromatic rings. The van der Waals surface area contributed by atoms with Gasteiger partial charge < -0.3 is 5.32 Å². The average Bonchev–Trinajstić information content (AvgIpc) is 2.37. The van der Waals surface area contributed by atoms with E-state index in [0.29, 0.717) is 21.3 Å². The van der Waals surface area contributed by atoms with Crippen molar-refractivity contribution in [1.82, 2.24) is 4.98 Å². The average molecular weight is 295 g/mol. The van der Waals surface area contributed by atoms with Gasteiger partial charge in [-0.3, -0.25) is 9.78 Å². The van der Waals surface area contributed by atoms with Crippen LogP contribution in [0.2, 0.25) is 10.0 Å². The standard InChI is InChI=1S/C14H12Cl2N2O/c1-8-4-3-5-10(9(8)2)14(19)18-13-11(15)6-17-7-12(13)16/h3-7H,1-2H3,(H,17,18,19). The van der Waals surface area contributed by atoms with E-state index < -0.39 is 0 Å². The van der Waals surface area contributed by atoms with Crippen LogP contribution in [0.25, 0.3) is 0 Å². The number of aromatic nitrogens is 1. The Kier molecular flexibility index (Phi) is 4.08. The van der Waals surface area contributed by atoms with Gasteiger partial charge in [0.25, 0.3) is 5.91 Å². The lowest BCUT2D eigenvalue weighted by Crippen LogP contribution is -2.14. The SMILES string of the molecule is Cc1cccc(C(=O)Nc2c(Cl)cncc2Cl)c1C. The molecular formula is C14H12Cl2N2O. The van der Waals surface area contributed by atoms with E-state index in [9.17, 15) is 4.79 Å². The van der Waals surface area contributed by atoms with Gasteiger partial charge in [-0.05, 0) is 31.0 Å². The summed E-state index contributed by atoms with van der Waals surface area (Å²) in [5.74, 6) is -0.240. The molecule has 1 aromatic carbocycles. The van der Waals surface area contributed by atoms with Crippen LogP contribution in [0, 0.1) is 13.8 Å². The quantitative estimate of drug-likeness (QED) is 0.899. The number of halogens is 2. The van der Waals surface area contributed by atoms with Crippen molar-refractivity contribution in [2.45, 2.75) is 13.8 Å². The highest BCUT2D eigenvalue weighted by Crippen LogP contribution is 2.29. The molecule has 1 aromatic heterocycles. The summed E-state index contributed by atoms with van der Waals surface area (Å²) in [5.41, 5.74) is 2.97. The molecule has 19 heavy (non-hydrogen) atoms. The summed E-state index contributed by atoms with van der Waals surface area (Å²) < 4.78 is 0. The third kappa shape index (κ3) is 2.88. The molecule has 0 aliphatic heterocycles. The molecule has 0 saturated heterocycles. The predicted molar refractivity (Wildman–Crippen MR) is 78.1 cm³/mol. The smallest absolute Gasteiger partial charge is 0.256 e. The van der Waals surface area contributed by atoms with Gasteiger partial charge in [0.05, 0.1) is 15.7 Å². The molecule has 1 N–H and O–H groups in total. The van der Waals surface area contributed by atoms with Crippen molar-refractivity contribution >= 4 is 34.8 Å². The number of carbonyl (C=O) groups is 1. The molecule has 1 amide bonds. The van der Waals surface area contributed by atoms with Gasteiger partial charge in [-0.2, -0.15) is 0 Å². The molecule has 0 aliphatic carbocycles. The molecule has 3 nitrogen and oxygen atoms in total. The number of rotatable bonds is 2. The monoisotopic (exact) mass is 294 g/mol. The second-order valence-electron chi connectivity index (χ2n) is 4.18. The molecule has 0 unspecified atom stereocenters. The summed E-state index contributed by atoms with van der Waals surface area (Å²) in [6, 6.07) is 5.56. The number of hydrogen-bond acceptors (Lipinski definition) is 2. The van der Waals surface area contributed by atoms with Crippen LogP contribution in [0.1, 0.15) is 21.5 Å². The first-order chi connectivity index (χ1) is 9.00. The van der Waals surface area contributed by atoms with Crippen molar-refractivity contribution in [3.05, 3.63) is 57.3 Å². The maximum absolute atomic E-state index is 12.2. The van der Waals surface area contributed by atoms with Crippen LogP contribution in [-0.4, -0.2) is 10.9 Å². The number of aryl methyl sites for hydroxylation is 1. The molecular weight excluding hydrogens is 283 g/mol. The number of pyridine rings is 1. The van der Waals surface area contributed by atoms with Crippen molar-refractivity contribution in [2.75, 3.05) is 5.32 Å². The summed E-state index contributed by atoms with van der Waals surface area (Å²) in [6.45, 7) is 3.86. The van der Waals surface area contributed by atoms with E-state index in [0.717, 1.165) is 11.1 Å². The zero-order valence-corrected chi connectivity index (χ0v) is 12.0. The van der Waals surface area contributed by atoms with Crippen molar-refractivity contribution < 1.29 is 4.79 Å². The van der Waals surface area contributed by atoms with Crippen molar-refractivity contribution in [1.29, 1.82) is 0 Å². The summed E-state index contributed by atoms with van der Waals surface area (Å²) in [6.07, 6.45) is 2.87. The Morgan fingerprint density at radius 2 is 1.79 bits per heavy atom. The van der Waals surface area contributed by atoms with Gasteiger partial charge in [-0.25, -0.2) is 0 Å². The maximum Gasteiger partial charge on any atom is 0.256 e. The van der Waals surface area contributed by atoms with E-state index in [1.54, 1.807) is 6.07 Å². The Morgan fingerprint density at radius 3 is 2.42 bits per heavy atom. The number of hydrogen-bond donors (Lipinski definition) is 1. The number of benzene rings is 1. The summed E-state index contributed by atoms with van der Waals surface area (Å²) in [7, 11) is 0. The van der Waals surface area contributed by atoms with Crippen LogP contribution >= 0.6 is 23.2 Å². The molecule has 0 atom stereocenters. The number of nitrogens with zero attached hydrogens (tertiary/aromatic N) is 1. The minimum absolute atomic E-state index is 0.240. The summed E-state index contributed by atoms with van der Waals surface area (Å²) in [4.78, 5) is 16.1. The van der Waals surface area contributed by atoms with Gasteiger partial charge >= 0.3 is 0 Å². The third-order valence-electron chi connectivity index (χ3n) is 2.94. The maximum atomic E-state index is 12.2. The normalized spacial score (nSPS) is 10.3. The fourth-order valence-corrected chi connectivity index (χ4v) is 2.17. The van der Waals surface area contributed by atoms with Crippen LogP contribution in [0.15, 0.2) is 30.6 Å². The number of nitrogens with one attached hydrogen (secondary N) is 1. The first-order valence-corrected chi connectivity index (χ1v) is 6.43. The lowest BCUT2D eigenvalue weighted by atomic mass is 10.0. The molecule has 5 heteroatoms. The van der Waals surface area contributed by atoms with Gasteiger partial charge in [0.15, 0.2) is 0 Å². The summed E-state index contributed by atoms with van der Waals surface area (Å²) in [5, 5.41) is 3.34.